The van der Waals surface area contributed by atoms with E-state index in [4.69, 9.17) is 18.9 Å². The lowest BCUT2D eigenvalue weighted by atomic mass is 10.0. The number of hydrogen-bond donors (Lipinski definition) is 0. The summed E-state index contributed by atoms with van der Waals surface area (Å²) in [7, 11) is 0. The Kier molecular flexibility index (Phi) is 7.59. The number of ketones is 1. The second kappa shape index (κ2) is 10.4. The van der Waals surface area contributed by atoms with Crippen LogP contribution in [-0.4, -0.2) is 43.0 Å². The Morgan fingerprint density at radius 1 is 1.21 bits per heavy atom. The number of rotatable bonds is 9. The maximum atomic E-state index is 12.1. The molecule has 1 unspecified atom stereocenters. The van der Waals surface area contributed by atoms with Gasteiger partial charge in [-0.25, -0.2) is 0 Å². The quantitative estimate of drug-likeness (QED) is 0.362. The van der Waals surface area contributed by atoms with Crippen LogP contribution in [0, 0.1) is 11.8 Å². The van der Waals surface area contributed by atoms with Crippen molar-refractivity contribution >= 4 is 11.8 Å². The highest BCUT2D eigenvalue weighted by Gasteiger charge is 2.50. The summed E-state index contributed by atoms with van der Waals surface area (Å²) in [6.07, 6.45) is 3.41. The third kappa shape index (κ3) is 6.01. The first-order valence-corrected chi connectivity index (χ1v) is 9.93. The molecule has 0 spiro atoms. The standard InChI is InChI=1S/C23H26O6/c1-2-27-21(25)13-15-23-14-12-19(24)22(29-23)20(28-23)11-7-4-8-16-26-17-18-9-5-3-6-10-18/h3,5-6,9-10,12,14,20,22H,2,8,11,13,15-17H2,1H3/t20-,22+,23?/m1/s1. The monoisotopic (exact) mass is 398 g/mol. The normalized spacial score (nSPS) is 24.8. The zero-order valence-corrected chi connectivity index (χ0v) is 16.6. The first-order valence-electron chi connectivity index (χ1n) is 9.93. The summed E-state index contributed by atoms with van der Waals surface area (Å²) in [6, 6.07) is 9.97. The summed E-state index contributed by atoms with van der Waals surface area (Å²) in [6.45, 7) is 3.19. The molecule has 1 fully saturated rings. The summed E-state index contributed by atoms with van der Waals surface area (Å²) < 4.78 is 22.4. The van der Waals surface area contributed by atoms with E-state index in [1.54, 1.807) is 13.0 Å². The SMILES string of the molecule is CCOC(=O)CCC12C=CC(=O)[C@H](O1)[C@@H](CC#CCCOCc1ccccc1)O2. The van der Waals surface area contributed by atoms with Crippen LogP contribution in [0.4, 0.5) is 0 Å². The molecule has 1 aromatic rings. The van der Waals surface area contributed by atoms with Gasteiger partial charge in [-0.15, -0.1) is 11.8 Å². The predicted molar refractivity (Wildman–Crippen MR) is 106 cm³/mol. The number of benzene rings is 1. The van der Waals surface area contributed by atoms with Gasteiger partial charge in [0.05, 0.1) is 26.2 Å². The van der Waals surface area contributed by atoms with Gasteiger partial charge in [0, 0.05) is 19.3 Å². The van der Waals surface area contributed by atoms with Crippen molar-refractivity contribution in [1.29, 1.82) is 0 Å². The Balaban J connectivity index is 1.43. The number of ether oxygens (including phenoxy) is 4. The number of hydrogen-bond acceptors (Lipinski definition) is 6. The van der Waals surface area contributed by atoms with Crippen molar-refractivity contribution in [3.63, 3.8) is 0 Å². The summed E-state index contributed by atoms with van der Waals surface area (Å²) in [4.78, 5) is 23.7. The van der Waals surface area contributed by atoms with Crippen molar-refractivity contribution in [2.24, 2.45) is 0 Å². The van der Waals surface area contributed by atoms with Gasteiger partial charge in [-0.05, 0) is 24.6 Å². The van der Waals surface area contributed by atoms with Gasteiger partial charge >= 0.3 is 5.97 Å². The molecule has 0 amide bonds. The molecule has 6 nitrogen and oxygen atoms in total. The summed E-state index contributed by atoms with van der Waals surface area (Å²) >= 11 is 0. The molecular formula is C23H26O6. The lowest BCUT2D eigenvalue weighted by Gasteiger charge is -2.26. The molecule has 1 aromatic carbocycles. The zero-order chi connectivity index (χ0) is 20.5. The first-order chi connectivity index (χ1) is 14.1. The van der Waals surface area contributed by atoms with Crippen LogP contribution in [0.15, 0.2) is 42.5 Å². The molecule has 0 radical (unpaired) electrons. The Hall–Kier alpha value is -2.46. The van der Waals surface area contributed by atoms with E-state index in [9.17, 15) is 9.59 Å². The van der Waals surface area contributed by atoms with Gasteiger partial charge in [0.1, 0.15) is 6.10 Å². The minimum atomic E-state index is -1.05. The van der Waals surface area contributed by atoms with Crippen LogP contribution in [0.2, 0.25) is 0 Å². The highest BCUT2D eigenvalue weighted by atomic mass is 16.8. The van der Waals surface area contributed by atoms with Crippen molar-refractivity contribution in [3.8, 4) is 11.8 Å². The van der Waals surface area contributed by atoms with Gasteiger partial charge in [0.15, 0.2) is 17.7 Å². The third-order valence-corrected chi connectivity index (χ3v) is 4.69. The fourth-order valence-electron chi connectivity index (χ4n) is 3.27. The number of fused-ring (bicyclic) bond motifs is 2. The Labute approximate surface area is 171 Å². The molecule has 1 saturated heterocycles. The van der Waals surface area contributed by atoms with Crippen LogP contribution in [-0.2, 0) is 35.1 Å². The second-order valence-corrected chi connectivity index (χ2v) is 6.89. The second-order valence-electron chi connectivity index (χ2n) is 6.89. The molecule has 3 rings (SSSR count). The van der Waals surface area contributed by atoms with Crippen molar-refractivity contribution in [2.75, 3.05) is 13.2 Å². The maximum Gasteiger partial charge on any atom is 0.305 e. The van der Waals surface area contributed by atoms with E-state index in [2.05, 4.69) is 11.8 Å². The van der Waals surface area contributed by atoms with Crippen molar-refractivity contribution in [1.82, 2.24) is 0 Å². The molecule has 0 N–H and O–H groups in total. The summed E-state index contributed by atoms with van der Waals surface area (Å²) in [5, 5.41) is 0. The van der Waals surface area contributed by atoms with Crippen molar-refractivity contribution in [3.05, 3.63) is 48.0 Å². The van der Waals surface area contributed by atoms with E-state index in [0.29, 0.717) is 39.1 Å². The van der Waals surface area contributed by atoms with Gasteiger partial charge in [-0.2, -0.15) is 0 Å². The molecule has 154 valence electrons. The van der Waals surface area contributed by atoms with E-state index >= 15 is 0 Å². The van der Waals surface area contributed by atoms with Gasteiger partial charge in [-0.1, -0.05) is 30.3 Å². The minimum absolute atomic E-state index is 0.132. The molecule has 3 atom stereocenters. The van der Waals surface area contributed by atoms with Crippen LogP contribution >= 0.6 is 0 Å². The van der Waals surface area contributed by atoms with E-state index < -0.39 is 18.0 Å². The van der Waals surface area contributed by atoms with Gasteiger partial charge in [0.2, 0.25) is 0 Å². The van der Waals surface area contributed by atoms with Crippen LogP contribution in [0.1, 0.15) is 38.2 Å². The molecule has 2 aliphatic heterocycles. The summed E-state index contributed by atoms with van der Waals surface area (Å²) in [5.41, 5.74) is 1.13. The predicted octanol–water partition coefficient (Wildman–Crippen LogP) is 2.95. The molecular weight excluding hydrogens is 372 g/mol. The van der Waals surface area contributed by atoms with Crippen LogP contribution in [0.25, 0.3) is 0 Å². The Morgan fingerprint density at radius 2 is 2.03 bits per heavy atom. The van der Waals surface area contributed by atoms with Crippen LogP contribution < -0.4 is 0 Å². The van der Waals surface area contributed by atoms with E-state index in [0.717, 1.165) is 5.56 Å². The molecule has 29 heavy (non-hydrogen) atoms. The highest BCUT2D eigenvalue weighted by molar-refractivity contribution is 5.95. The fraction of sp³-hybridized carbons (Fsp3) is 0.478. The Morgan fingerprint density at radius 3 is 2.83 bits per heavy atom. The van der Waals surface area contributed by atoms with Gasteiger partial charge in [0.25, 0.3) is 0 Å². The van der Waals surface area contributed by atoms with Crippen molar-refractivity contribution < 1.29 is 28.5 Å². The highest BCUT2D eigenvalue weighted by Crippen LogP contribution is 2.38. The third-order valence-electron chi connectivity index (χ3n) is 4.69. The molecule has 0 saturated carbocycles. The Bertz CT molecular complexity index is 791. The lowest BCUT2D eigenvalue weighted by molar-refractivity contribution is -0.162. The number of carbonyl (C=O) groups excluding carboxylic acids is 2. The average molecular weight is 398 g/mol. The average Bonchev–Trinajstić information content (AvgIpc) is 3.04. The molecule has 0 aromatic heterocycles. The molecule has 0 aliphatic carbocycles. The zero-order valence-electron chi connectivity index (χ0n) is 16.6. The fourth-order valence-corrected chi connectivity index (χ4v) is 3.27. The molecule has 2 bridgehead atoms. The van der Waals surface area contributed by atoms with Gasteiger partial charge in [-0.3, -0.25) is 9.59 Å². The van der Waals surface area contributed by atoms with E-state index in [1.807, 2.05) is 30.3 Å². The maximum absolute atomic E-state index is 12.1. The van der Waals surface area contributed by atoms with E-state index in [-0.39, 0.29) is 18.2 Å². The van der Waals surface area contributed by atoms with E-state index in [1.165, 1.54) is 6.08 Å². The van der Waals surface area contributed by atoms with Gasteiger partial charge < -0.3 is 18.9 Å². The molecule has 2 aliphatic rings. The largest absolute Gasteiger partial charge is 0.466 e. The topological polar surface area (TPSA) is 71.1 Å². The van der Waals surface area contributed by atoms with Crippen LogP contribution in [0.3, 0.4) is 0 Å². The summed E-state index contributed by atoms with van der Waals surface area (Å²) in [5.74, 6) is 4.62. The van der Waals surface area contributed by atoms with Crippen molar-refractivity contribution in [2.45, 2.75) is 57.2 Å². The van der Waals surface area contributed by atoms with Crippen LogP contribution in [0.5, 0.6) is 0 Å². The molecule has 2 heterocycles. The minimum Gasteiger partial charge on any atom is -0.466 e. The molecule has 6 heteroatoms. The first kappa shape index (κ1) is 21.3. The number of carbonyl (C=O) groups is 2. The smallest absolute Gasteiger partial charge is 0.305 e. The lowest BCUT2D eigenvalue weighted by Crippen LogP contribution is -2.35. The number of esters is 1.